The first kappa shape index (κ1) is 14.2. The highest BCUT2D eigenvalue weighted by atomic mass is 16.5. The van der Waals surface area contributed by atoms with Crippen molar-refractivity contribution < 1.29 is 9.47 Å². The van der Waals surface area contributed by atoms with Gasteiger partial charge in [-0.15, -0.1) is 0 Å². The summed E-state index contributed by atoms with van der Waals surface area (Å²) >= 11 is 0. The van der Waals surface area contributed by atoms with Crippen molar-refractivity contribution in [2.45, 2.75) is 0 Å². The van der Waals surface area contributed by atoms with Gasteiger partial charge in [-0.05, 0) is 0 Å². The number of nitrogen functional groups attached to an aromatic ring is 2. The van der Waals surface area contributed by atoms with Crippen LogP contribution in [-0.2, 0) is 9.47 Å². The molecule has 116 valence electrons. The number of hydrazine groups is 2. The third-order valence-electron chi connectivity index (χ3n) is 3.35. The maximum Gasteiger partial charge on any atom is 0.262 e. The minimum atomic E-state index is 0.115. The van der Waals surface area contributed by atoms with Crippen LogP contribution >= 0.6 is 0 Å². The Bertz CT molecular complexity index is 437. The number of morpholine rings is 2. The van der Waals surface area contributed by atoms with Gasteiger partial charge in [0.05, 0.1) is 26.4 Å². The van der Waals surface area contributed by atoms with Gasteiger partial charge in [0.25, 0.3) is 5.95 Å². The number of hydrogen-bond donors (Lipinski definition) is 2. The zero-order chi connectivity index (χ0) is 14.7. The highest BCUT2D eigenvalue weighted by Gasteiger charge is 2.29. The second-order valence-electron chi connectivity index (χ2n) is 4.77. The lowest BCUT2D eigenvalue weighted by atomic mass is 10.5. The number of anilines is 3. The molecule has 10 heteroatoms. The molecule has 0 spiro atoms. The Hall–Kier alpha value is -1.75. The topological polar surface area (TPSA) is 119 Å². The summed E-state index contributed by atoms with van der Waals surface area (Å²) in [7, 11) is 0. The number of nitrogens with zero attached hydrogens (tertiary/aromatic N) is 6. The van der Waals surface area contributed by atoms with Crippen molar-refractivity contribution in [3.63, 3.8) is 0 Å². The maximum absolute atomic E-state index is 5.70. The van der Waals surface area contributed by atoms with E-state index < -0.39 is 0 Å². The quantitative estimate of drug-likeness (QED) is 0.670. The number of nitrogens with two attached hydrogens (primary N) is 2. The second kappa shape index (κ2) is 6.35. The molecule has 0 atom stereocenters. The number of ether oxygens (including phenoxy) is 2. The molecule has 0 aromatic carbocycles. The second-order valence-corrected chi connectivity index (χ2v) is 4.77. The van der Waals surface area contributed by atoms with E-state index >= 15 is 0 Å². The molecule has 2 saturated heterocycles. The molecule has 2 aliphatic rings. The molecule has 4 N–H and O–H groups in total. The predicted molar refractivity (Wildman–Crippen MR) is 75.9 cm³/mol. The van der Waals surface area contributed by atoms with E-state index in [0.717, 1.165) is 26.2 Å². The van der Waals surface area contributed by atoms with Crippen LogP contribution < -0.4 is 16.6 Å². The fraction of sp³-hybridized carbons (Fsp3) is 0.727. The summed E-state index contributed by atoms with van der Waals surface area (Å²) in [5.74, 6) is 0.664. The van der Waals surface area contributed by atoms with E-state index in [4.69, 9.17) is 20.9 Å². The molecule has 1 aromatic rings. The largest absolute Gasteiger partial charge is 0.379 e. The normalized spacial score (nSPS) is 21.3. The number of aromatic nitrogens is 3. The van der Waals surface area contributed by atoms with Gasteiger partial charge in [-0.3, -0.25) is 0 Å². The Morgan fingerprint density at radius 1 is 0.762 bits per heavy atom. The van der Waals surface area contributed by atoms with Crippen molar-refractivity contribution in [2.24, 2.45) is 0 Å². The Kier molecular flexibility index (Phi) is 4.29. The third kappa shape index (κ3) is 3.29. The van der Waals surface area contributed by atoms with Gasteiger partial charge < -0.3 is 20.9 Å². The average Bonchev–Trinajstić information content (AvgIpc) is 2.49. The molecule has 0 saturated carbocycles. The van der Waals surface area contributed by atoms with Crippen LogP contribution in [0.25, 0.3) is 0 Å². The van der Waals surface area contributed by atoms with Gasteiger partial charge >= 0.3 is 0 Å². The third-order valence-corrected chi connectivity index (χ3v) is 3.35. The number of rotatable bonds is 3. The van der Waals surface area contributed by atoms with Gasteiger partial charge in [-0.2, -0.15) is 30.1 Å². The van der Waals surface area contributed by atoms with Crippen LogP contribution in [0, 0.1) is 0 Å². The van der Waals surface area contributed by atoms with E-state index in [1.807, 2.05) is 5.12 Å². The minimum Gasteiger partial charge on any atom is -0.379 e. The lowest BCUT2D eigenvalue weighted by molar-refractivity contribution is -0.0405. The lowest BCUT2D eigenvalue weighted by Crippen LogP contribution is -2.60. The smallest absolute Gasteiger partial charge is 0.262 e. The van der Waals surface area contributed by atoms with Crippen molar-refractivity contribution in [1.82, 2.24) is 25.0 Å². The first-order chi connectivity index (χ1) is 10.2. The first-order valence-electron chi connectivity index (χ1n) is 6.96. The van der Waals surface area contributed by atoms with E-state index in [-0.39, 0.29) is 11.9 Å². The minimum absolute atomic E-state index is 0.115. The molecule has 3 heterocycles. The molecular weight excluding hydrogens is 276 g/mol. The summed E-state index contributed by atoms with van der Waals surface area (Å²) in [5.41, 5.74) is 11.4. The molecule has 0 bridgehead atoms. The molecule has 0 aliphatic carbocycles. The van der Waals surface area contributed by atoms with Crippen LogP contribution in [-0.4, -0.2) is 77.6 Å². The van der Waals surface area contributed by atoms with Gasteiger partial charge in [0.1, 0.15) is 0 Å². The lowest BCUT2D eigenvalue weighted by Gasteiger charge is -2.44. The summed E-state index contributed by atoms with van der Waals surface area (Å²) < 4.78 is 10.8. The molecule has 2 aliphatic heterocycles. The summed E-state index contributed by atoms with van der Waals surface area (Å²) in [6.07, 6.45) is 0. The van der Waals surface area contributed by atoms with Crippen LogP contribution in [0.4, 0.5) is 17.8 Å². The first-order valence-corrected chi connectivity index (χ1v) is 6.96. The van der Waals surface area contributed by atoms with E-state index in [1.54, 1.807) is 0 Å². The molecule has 0 radical (unpaired) electrons. The van der Waals surface area contributed by atoms with Crippen molar-refractivity contribution in [3.05, 3.63) is 0 Å². The fourth-order valence-corrected chi connectivity index (χ4v) is 2.40. The van der Waals surface area contributed by atoms with Gasteiger partial charge in [0, 0.05) is 26.2 Å². The molecule has 1 aromatic heterocycles. The van der Waals surface area contributed by atoms with Gasteiger partial charge in [0.2, 0.25) is 11.9 Å². The van der Waals surface area contributed by atoms with Crippen molar-refractivity contribution in [1.29, 1.82) is 0 Å². The zero-order valence-electron chi connectivity index (χ0n) is 11.8. The Morgan fingerprint density at radius 2 is 1.19 bits per heavy atom. The standard InChI is InChI=1S/C11H20N8O2/c12-9-14-10(13)16-11(15-9)19(17-1-5-20-6-2-17)18-3-7-21-8-4-18/h1-8H2,(H4,12,13,14,15,16). The Balaban J connectivity index is 1.89. The average molecular weight is 296 g/mol. The van der Waals surface area contributed by atoms with Crippen molar-refractivity contribution in [3.8, 4) is 0 Å². The highest BCUT2D eigenvalue weighted by Crippen LogP contribution is 2.18. The van der Waals surface area contributed by atoms with E-state index in [2.05, 4.69) is 25.0 Å². The summed E-state index contributed by atoms with van der Waals surface area (Å²) in [4.78, 5) is 12.3. The Labute approximate surface area is 122 Å². The summed E-state index contributed by atoms with van der Waals surface area (Å²) in [6.45, 7) is 5.67. The van der Waals surface area contributed by atoms with E-state index in [0.29, 0.717) is 32.4 Å². The fourth-order valence-electron chi connectivity index (χ4n) is 2.40. The summed E-state index contributed by atoms with van der Waals surface area (Å²) in [6, 6.07) is 0. The van der Waals surface area contributed by atoms with Gasteiger partial charge in [0.15, 0.2) is 0 Å². The molecule has 0 amide bonds. The monoisotopic (exact) mass is 296 g/mol. The molecule has 10 nitrogen and oxygen atoms in total. The molecule has 2 fully saturated rings. The van der Waals surface area contributed by atoms with E-state index in [1.165, 1.54) is 0 Å². The predicted octanol–water partition coefficient (Wildman–Crippen LogP) is -1.66. The number of hydrogen-bond acceptors (Lipinski definition) is 10. The maximum atomic E-state index is 5.70. The van der Waals surface area contributed by atoms with Crippen LogP contribution in [0.2, 0.25) is 0 Å². The zero-order valence-corrected chi connectivity index (χ0v) is 11.8. The Morgan fingerprint density at radius 3 is 1.62 bits per heavy atom. The van der Waals surface area contributed by atoms with Crippen LogP contribution in [0.5, 0.6) is 0 Å². The van der Waals surface area contributed by atoms with Crippen LogP contribution in [0.15, 0.2) is 0 Å². The summed E-state index contributed by atoms with van der Waals surface area (Å²) in [5, 5.41) is 6.19. The molecule has 21 heavy (non-hydrogen) atoms. The highest BCUT2D eigenvalue weighted by molar-refractivity contribution is 5.38. The molecular formula is C11H20N8O2. The van der Waals surface area contributed by atoms with Gasteiger partial charge in [-0.25, -0.2) is 0 Å². The molecule has 3 rings (SSSR count). The SMILES string of the molecule is Nc1nc(N)nc(N(N2CCOCC2)N2CCOCC2)n1. The van der Waals surface area contributed by atoms with Crippen molar-refractivity contribution >= 4 is 17.8 Å². The van der Waals surface area contributed by atoms with Crippen LogP contribution in [0.1, 0.15) is 0 Å². The van der Waals surface area contributed by atoms with Crippen molar-refractivity contribution in [2.75, 3.05) is 69.2 Å². The molecule has 0 unspecified atom stereocenters. The van der Waals surface area contributed by atoms with Gasteiger partial charge in [-0.1, -0.05) is 0 Å². The van der Waals surface area contributed by atoms with E-state index in [9.17, 15) is 0 Å². The van der Waals surface area contributed by atoms with Crippen LogP contribution in [0.3, 0.4) is 0 Å².